The second-order valence-corrected chi connectivity index (χ2v) is 12.4. The lowest BCUT2D eigenvalue weighted by atomic mass is 9.95. The summed E-state index contributed by atoms with van der Waals surface area (Å²) in [4.78, 5) is 32.8. The van der Waals surface area contributed by atoms with Crippen molar-refractivity contribution in [2.45, 2.75) is 67.2 Å². The Hall–Kier alpha value is -3.14. The molecule has 210 valence electrons. The molecule has 0 bridgehead atoms. The molecular weight excluding hydrogens is 520 g/mol. The van der Waals surface area contributed by atoms with Crippen molar-refractivity contribution in [3.63, 3.8) is 0 Å². The first-order valence-electron chi connectivity index (χ1n) is 14.3. The highest BCUT2D eigenvalue weighted by molar-refractivity contribution is 7.99. The molecule has 0 saturated carbocycles. The number of rotatable bonds is 7. The van der Waals surface area contributed by atoms with Crippen LogP contribution in [0.15, 0.2) is 74.1 Å². The molecule has 2 aromatic heterocycles. The Morgan fingerprint density at radius 1 is 0.875 bits per heavy atom. The molecule has 0 spiro atoms. The number of nitrogens with zero attached hydrogens (tertiary/aromatic N) is 6. The average molecular weight is 559 g/mol. The van der Waals surface area contributed by atoms with Crippen molar-refractivity contribution >= 4 is 22.8 Å². The second-order valence-electron chi connectivity index (χ2n) is 11.3. The fourth-order valence-electron chi connectivity index (χ4n) is 6.25. The molecule has 40 heavy (non-hydrogen) atoms. The maximum Gasteiger partial charge on any atom is 0.332 e. The van der Waals surface area contributed by atoms with Gasteiger partial charge in [-0.2, -0.15) is 5.10 Å². The predicted molar refractivity (Wildman–Crippen MR) is 160 cm³/mol. The van der Waals surface area contributed by atoms with Crippen molar-refractivity contribution < 1.29 is 0 Å². The zero-order valence-corrected chi connectivity index (χ0v) is 24.4. The van der Waals surface area contributed by atoms with E-state index in [4.69, 9.17) is 5.10 Å². The number of likely N-dealkylation sites (tertiary alicyclic amines) is 2. The van der Waals surface area contributed by atoms with Crippen LogP contribution in [0.25, 0.3) is 11.0 Å². The van der Waals surface area contributed by atoms with Crippen molar-refractivity contribution in [3.8, 4) is 0 Å². The van der Waals surface area contributed by atoms with Gasteiger partial charge in [-0.05, 0) is 76.1 Å². The number of likely N-dealkylation sites (N-methyl/N-ethyl adjacent to an activating group) is 1. The molecule has 4 aromatic rings. The molecule has 2 saturated heterocycles. The Bertz CT molecular complexity index is 1610. The van der Waals surface area contributed by atoms with Gasteiger partial charge in [-0.1, -0.05) is 60.6 Å². The van der Waals surface area contributed by atoms with E-state index in [9.17, 15) is 9.59 Å². The number of aromatic nitrogens is 4. The summed E-state index contributed by atoms with van der Waals surface area (Å²) in [5.41, 5.74) is 2.34. The van der Waals surface area contributed by atoms with Gasteiger partial charge in [0.15, 0.2) is 5.65 Å². The van der Waals surface area contributed by atoms with Crippen LogP contribution in [-0.4, -0.2) is 61.9 Å². The summed E-state index contributed by atoms with van der Waals surface area (Å²) in [6.07, 6.45) is 5.86. The van der Waals surface area contributed by atoms with Crippen LogP contribution in [-0.2, 0) is 20.1 Å². The van der Waals surface area contributed by atoms with Crippen LogP contribution in [0.1, 0.15) is 49.3 Å². The molecule has 8 nitrogen and oxygen atoms in total. The molecule has 2 fully saturated rings. The minimum Gasteiger partial charge on any atom is -0.302 e. The maximum absolute atomic E-state index is 13.6. The summed E-state index contributed by atoms with van der Waals surface area (Å²) in [6, 6.07) is 19.6. The Labute approximate surface area is 239 Å². The van der Waals surface area contributed by atoms with Crippen LogP contribution in [0, 0.1) is 0 Å². The minimum atomic E-state index is -0.306. The van der Waals surface area contributed by atoms with E-state index in [2.05, 4.69) is 48.2 Å². The predicted octanol–water partition coefficient (Wildman–Crippen LogP) is 4.35. The van der Waals surface area contributed by atoms with E-state index in [1.165, 1.54) is 41.2 Å². The Morgan fingerprint density at radius 2 is 1.62 bits per heavy atom. The highest BCUT2D eigenvalue weighted by Crippen LogP contribution is 2.33. The SMILES string of the molecule is CN1CCCC1Cn1c(=O)n(C)c(=O)c2c(Sc3ccccc3)n(Cc3ccc(C4CCCCN4C)cc3)nc21. The second kappa shape index (κ2) is 11.4. The maximum atomic E-state index is 13.6. The third-order valence-corrected chi connectivity index (χ3v) is 9.79. The number of fused-ring (bicyclic) bond motifs is 1. The highest BCUT2D eigenvalue weighted by Gasteiger charge is 2.27. The Balaban J connectivity index is 1.43. The quantitative estimate of drug-likeness (QED) is 0.336. The lowest BCUT2D eigenvalue weighted by Crippen LogP contribution is -2.41. The van der Waals surface area contributed by atoms with Crippen LogP contribution >= 0.6 is 11.8 Å². The highest BCUT2D eigenvalue weighted by atomic mass is 32.2. The topological polar surface area (TPSA) is 68.3 Å². The van der Waals surface area contributed by atoms with E-state index < -0.39 is 0 Å². The van der Waals surface area contributed by atoms with Gasteiger partial charge in [-0.25, -0.2) is 4.79 Å². The first kappa shape index (κ1) is 27.1. The minimum absolute atomic E-state index is 0.249. The number of hydrogen-bond acceptors (Lipinski definition) is 6. The summed E-state index contributed by atoms with van der Waals surface area (Å²) < 4.78 is 4.88. The van der Waals surface area contributed by atoms with Crippen LogP contribution in [0.2, 0.25) is 0 Å². The van der Waals surface area contributed by atoms with Gasteiger partial charge in [0, 0.05) is 30.6 Å². The van der Waals surface area contributed by atoms with Crippen LogP contribution in [0.4, 0.5) is 0 Å². The Morgan fingerprint density at radius 3 is 2.33 bits per heavy atom. The fourth-order valence-corrected chi connectivity index (χ4v) is 7.26. The largest absolute Gasteiger partial charge is 0.332 e. The number of hydrogen-bond donors (Lipinski definition) is 0. The van der Waals surface area contributed by atoms with E-state index in [1.807, 2.05) is 35.0 Å². The van der Waals surface area contributed by atoms with Crippen LogP contribution in [0.3, 0.4) is 0 Å². The molecule has 2 atom stereocenters. The molecule has 0 amide bonds. The smallest absolute Gasteiger partial charge is 0.302 e. The summed E-state index contributed by atoms with van der Waals surface area (Å²) in [7, 11) is 5.89. The van der Waals surface area contributed by atoms with Gasteiger partial charge >= 0.3 is 5.69 Å². The third kappa shape index (κ3) is 5.18. The third-order valence-electron chi connectivity index (χ3n) is 8.67. The summed E-state index contributed by atoms with van der Waals surface area (Å²) >= 11 is 1.53. The Kier molecular flexibility index (Phi) is 7.70. The molecular formula is C31H38N6O2S. The fraction of sp³-hybridized carbons (Fsp3) is 0.452. The van der Waals surface area contributed by atoms with Crippen molar-refractivity contribution in [2.75, 3.05) is 27.2 Å². The van der Waals surface area contributed by atoms with Crippen molar-refractivity contribution in [1.82, 2.24) is 28.7 Å². The molecule has 9 heteroatoms. The van der Waals surface area contributed by atoms with Crippen molar-refractivity contribution in [2.24, 2.45) is 7.05 Å². The van der Waals surface area contributed by atoms with Crippen molar-refractivity contribution in [3.05, 3.63) is 86.6 Å². The molecule has 0 aliphatic carbocycles. The summed E-state index contributed by atoms with van der Waals surface area (Å²) in [5, 5.41) is 6.26. The van der Waals surface area contributed by atoms with E-state index in [0.717, 1.165) is 41.4 Å². The zero-order chi connectivity index (χ0) is 27.8. The molecule has 2 aliphatic heterocycles. The monoisotopic (exact) mass is 558 g/mol. The lowest BCUT2D eigenvalue weighted by molar-refractivity contribution is 0.187. The van der Waals surface area contributed by atoms with Crippen LogP contribution < -0.4 is 11.2 Å². The standard InChI is InChI=1S/C31H38N6O2S/c1-33-19-9-10-24(33)21-36-28-27(29(38)35(3)31(36)39)30(40-25-11-5-4-6-12-25)37(32-28)20-22-14-16-23(17-15-22)26-13-7-8-18-34(26)2/h4-6,11-12,14-17,24,26H,7-10,13,18-21H2,1-3H3. The molecule has 2 aliphatic rings. The first-order chi connectivity index (χ1) is 19.4. The van der Waals surface area contributed by atoms with Gasteiger partial charge in [0.1, 0.15) is 10.4 Å². The van der Waals surface area contributed by atoms with Crippen molar-refractivity contribution in [1.29, 1.82) is 0 Å². The lowest BCUT2D eigenvalue weighted by Gasteiger charge is -2.32. The summed E-state index contributed by atoms with van der Waals surface area (Å²) in [6.45, 7) is 3.20. The van der Waals surface area contributed by atoms with E-state index in [1.54, 1.807) is 11.6 Å². The first-order valence-corrected chi connectivity index (χ1v) is 15.1. The molecule has 4 heterocycles. The molecule has 0 N–H and O–H groups in total. The summed E-state index contributed by atoms with van der Waals surface area (Å²) in [5.74, 6) is 0. The number of benzene rings is 2. The van der Waals surface area contributed by atoms with E-state index in [-0.39, 0.29) is 17.3 Å². The average Bonchev–Trinajstić information content (AvgIpc) is 3.53. The van der Waals surface area contributed by atoms with Gasteiger partial charge in [0.05, 0.1) is 6.54 Å². The van der Waals surface area contributed by atoms with Gasteiger partial charge in [-0.3, -0.25) is 23.5 Å². The normalized spacial score (nSPS) is 20.5. The molecule has 0 radical (unpaired) electrons. The van der Waals surface area contributed by atoms with Gasteiger partial charge in [0.25, 0.3) is 5.56 Å². The molecule has 2 unspecified atom stereocenters. The van der Waals surface area contributed by atoms with Gasteiger partial charge < -0.3 is 4.90 Å². The van der Waals surface area contributed by atoms with Crippen LogP contribution in [0.5, 0.6) is 0 Å². The zero-order valence-electron chi connectivity index (χ0n) is 23.6. The molecule has 6 rings (SSSR count). The van der Waals surface area contributed by atoms with Gasteiger partial charge in [-0.15, -0.1) is 0 Å². The molecule has 2 aromatic carbocycles. The van der Waals surface area contributed by atoms with Gasteiger partial charge in [0.2, 0.25) is 0 Å². The van der Waals surface area contributed by atoms with E-state index in [0.29, 0.717) is 30.2 Å². The number of piperidine rings is 1. The van der Waals surface area contributed by atoms with E-state index >= 15 is 0 Å².